The molecule has 0 bridgehead atoms. The topological polar surface area (TPSA) is 52.0 Å². The number of unbranched alkanes of at least 4 members (excludes halogenated alkanes) is 1. The van der Waals surface area contributed by atoms with Gasteiger partial charge in [0.2, 0.25) is 0 Å². The quantitative estimate of drug-likeness (QED) is 0.435. The van der Waals surface area contributed by atoms with Crippen LogP contribution in [0.25, 0.3) is 0 Å². The smallest absolute Gasteiger partial charge is 0.00966 e. The molecule has 0 saturated heterocycles. The second-order valence-electron chi connectivity index (χ2n) is 6.28. The van der Waals surface area contributed by atoms with Gasteiger partial charge >= 0.3 is 0 Å². The second kappa shape index (κ2) is 11.1. The highest BCUT2D eigenvalue weighted by Gasteiger charge is 2.22. The third-order valence-electron chi connectivity index (χ3n) is 4.58. The molecule has 0 spiro atoms. The van der Waals surface area contributed by atoms with Gasteiger partial charge in [-0.25, -0.2) is 0 Å². The Labute approximate surface area is 126 Å². The zero-order valence-electron chi connectivity index (χ0n) is 14.1. The summed E-state index contributed by atoms with van der Waals surface area (Å²) in [5.41, 5.74) is 12.2. The van der Waals surface area contributed by atoms with Crippen LogP contribution in [0.5, 0.6) is 0 Å². The predicted molar refractivity (Wildman–Crippen MR) is 91.6 cm³/mol. The van der Waals surface area contributed by atoms with Gasteiger partial charge in [-0.05, 0) is 56.4 Å². The van der Waals surface area contributed by atoms with Crippen molar-refractivity contribution in [3.05, 3.63) is 24.3 Å². The molecule has 1 atom stereocenters. The van der Waals surface area contributed by atoms with Gasteiger partial charge in [0.15, 0.2) is 0 Å². The van der Waals surface area contributed by atoms with Gasteiger partial charge in [0.1, 0.15) is 0 Å². The van der Waals surface area contributed by atoms with Gasteiger partial charge in [0.05, 0.1) is 0 Å². The maximum Gasteiger partial charge on any atom is 0.00966 e. The van der Waals surface area contributed by atoms with Crippen molar-refractivity contribution in [1.82, 2.24) is 0 Å². The van der Waals surface area contributed by atoms with E-state index in [1.165, 1.54) is 0 Å². The highest BCUT2D eigenvalue weighted by Crippen LogP contribution is 2.29. The normalized spacial score (nSPS) is 14.8. The SMILES string of the molecule is CCC(CC)(CN)CC=CCCC=CCC(N)C(C)C. The molecule has 0 heterocycles. The van der Waals surface area contributed by atoms with Crippen LogP contribution in [0.3, 0.4) is 0 Å². The molecule has 0 aromatic rings. The average molecular weight is 280 g/mol. The van der Waals surface area contributed by atoms with Crippen LogP contribution in [0, 0.1) is 11.3 Å². The first-order chi connectivity index (χ1) is 9.51. The summed E-state index contributed by atoms with van der Waals surface area (Å²) < 4.78 is 0. The Hall–Kier alpha value is -0.600. The van der Waals surface area contributed by atoms with Crippen LogP contribution in [-0.4, -0.2) is 12.6 Å². The number of hydrogen-bond acceptors (Lipinski definition) is 2. The molecule has 20 heavy (non-hydrogen) atoms. The van der Waals surface area contributed by atoms with Gasteiger partial charge in [-0.2, -0.15) is 0 Å². The fourth-order valence-electron chi connectivity index (χ4n) is 2.20. The van der Waals surface area contributed by atoms with Crippen LogP contribution in [0.4, 0.5) is 0 Å². The molecule has 4 N–H and O–H groups in total. The first-order valence-electron chi connectivity index (χ1n) is 8.27. The van der Waals surface area contributed by atoms with Gasteiger partial charge in [-0.1, -0.05) is 52.0 Å². The number of rotatable bonds is 11. The first kappa shape index (κ1) is 19.4. The Morgan fingerprint density at radius 2 is 1.50 bits per heavy atom. The van der Waals surface area contributed by atoms with E-state index in [4.69, 9.17) is 11.5 Å². The van der Waals surface area contributed by atoms with Gasteiger partial charge in [-0.15, -0.1) is 0 Å². The Balaban J connectivity index is 3.84. The summed E-state index contributed by atoms with van der Waals surface area (Å²) >= 11 is 0. The lowest BCUT2D eigenvalue weighted by Crippen LogP contribution is -2.28. The monoisotopic (exact) mass is 280 g/mol. The molecule has 0 aromatic heterocycles. The van der Waals surface area contributed by atoms with Gasteiger partial charge in [0, 0.05) is 6.04 Å². The van der Waals surface area contributed by atoms with Crippen LogP contribution in [0.2, 0.25) is 0 Å². The summed E-state index contributed by atoms with van der Waals surface area (Å²) in [5.74, 6) is 0.562. The Kier molecular flexibility index (Phi) is 10.8. The molecule has 0 aliphatic carbocycles. The van der Waals surface area contributed by atoms with E-state index in [9.17, 15) is 0 Å². The summed E-state index contributed by atoms with van der Waals surface area (Å²) in [6.45, 7) is 9.62. The van der Waals surface area contributed by atoms with E-state index in [0.29, 0.717) is 17.4 Å². The van der Waals surface area contributed by atoms with Gasteiger partial charge in [0.25, 0.3) is 0 Å². The highest BCUT2D eigenvalue weighted by atomic mass is 14.6. The Morgan fingerprint density at radius 3 is 1.95 bits per heavy atom. The van der Waals surface area contributed by atoms with Crippen molar-refractivity contribution in [2.45, 2.75) is 72.3 Å². The fraction of sp³-hybridized carbons (Fsp3) is 0.778. The van der Waals surface area contributed by atoms with Gasteiger partial charge < -0.3 is 11.5 Å². The standard InChI is InChI=1S/C18H36N2/c1-5-18(6-2,15-19)14-12-10-8-7-9-11-13-17(20)16(3)4/h9-12,16-17H,5-8,13-15,19-20H2,1-4H3. The van der Waals surface area contributed by atoms with E-state index in [-0.39, 0.29) is 0 Å². The lowest BCUT2D eigenvalue weighted by molar-refractivity contribution is 0.277. The van der Waals surface area contributed by atoms with E-state index < -0.39 is 0 Å². The zero-order chi connectivity index (χ0) is 15.4. The molecule has 0 amide bonds. The molecule has 1 unspecified atom stereocenters. The molecule has 0 aliphatic rings. The van der Waals surface area contributed by atoms with E-state index in [2.05, 4.69) is 52.0 Å². The summed E-state index contributed by atoms with van der Waals surface area (Å²) in [6, 6.07) is 0.293. The first-order valence-corrected chi connectivity index (χ1v) is 8.27. The molecular formula is C18H36N2. The van der Waals surface area contributed by atoms with Crippen LogP contribution in [0.1, 0.15) is 66.2 Å². The molecule has 2 heteroatoms. The van der Waals surface area contributed by atoms with Gasteiger partial charge in [-0.3, -0.25) is 0 Å². The largest absolute Gasteiger partial charge is 0.330 e. The van der Waals surface area contributed by atoms with Crippen molar-refractivity contribution < 1.29 is 0 Å². The fourth-order valence-corrected chi connectivity index (χ4v) is 2.20. The molecule has 0 saturated carbocycles. The number of allylic oxidation sites excluding steroid dienone is 3. The Bertz CT molecular complexity index is 267. The van der Waals surface area contributed by atoms with Crippen molar-refractivity contribution in [3.63, 3.8) is 0 Å². The summed E-state index contributed by atoms with van der Waals surface area (Å²) in [5, 5.41) is 0. The Morgan fingerprint density at radius 1 is 0.950 bits per heavy atom. The van der Waals surface area contributed by atoms with Crippen LogP contribution in [0.15, 0.2) is 24.3 Å². The van der Waals surface area contributed by atoms with E-state index >= 15 is 0 Å². The number of nitrogens with two attached hydrogens (primary N) is 2. The minimum atomic E-state index is 0.293. The molecule has 0 rings (SSSR count). The lowest BCUT2D eigenvalue weighted by Gasteiger charge is -2.28. The van der Waals surface area contributed by atoms with Crippen molar-refractivity contribution >= 4 is 0 Å². The maximum atomic E-state index is 6.00. The summed E-state index contributed by atoms with van der Waals surface area (Å²) in [7, 11) is 0. The molecular weight excluding hydrogens is 244 g/mol. The minimum Gasteiger partial charge on any atom is -0.330 e. The highest BCUT2D eigenvalue weighted by molar-refractivity contribution is 4.93. The molecule has 118 valence electrons. The van der Waals surface area contributed by atoms with Crippen LogP contribution < -0.4 is 11.5 Å². The third kappa shape index (κ3) is 7.86. The van der Waals surface area contributed by atoms with E-state index in [1.54, 1.807) is 0 Å². The van der Waals surface area contributed by atoms with Crippen molar-refractivity contribution in [3.8, 4) is 0 Å². The molecule has 0 aromatic carbocycles. The lowest BCUT2D eigenvalue weighted by atomic mass is 9.79. The molecule has 0 fully saturated rings. The number of hydrogen-bond donors (Lipinski definition) is 2. The predicted octanol–water partition coefficient (Wildman–Crippen LogP) is 4.41. The average Bonchev–Trinajstić information content (AvgIpc) is 2.46. The molecule has 0 radical (unpaired) electrons. The molecule has 0 aliphatic heterocycles. The summed E-state index contributed by atoms with van der Waals surface area (Å²) in [6.07, 6.45) is 15.7. The zero-order valence-corrected chi connectivity index (χ0v) is 14.1. The molecule has 2 nitrogen and oxygen atoms in total. The summed E-state index contributed by atoms with van der Waals surface area (Å²) in [4.78, 5) is 0. The minimum absolute atomic E-state index is 0.293. The second-order valence-corrected chi connectivity index (χ2v) is 6.28. The van der Waals surface area contributed by atoms with Crippen molar-refractivity contribution in [2.24, 2.45) is 22.8 Å². The van der Waals surface area contributed by atoms with Crippen LogP contribution in [-0.2, 0) is 0 Å². The maximum absolute atomic E-state index is 6.00. The van der Waals surface area contributed by atoms with Crippen molar-refractivity contribution in [2.75, 3.05) is 6.54 Å². The van der Waals surface area contributed by atoms with Crippen LogP contribution >= 0.6 is 0 Å². The van der Waals surface area contributed by atoms with Crippen molar-refractivity contribution in [1.29, 1.82) is 0 Å². The van der Waals surface area contributed by atoms with E-state index in [0.717, 1.165) is 45.1 Å². The third-order valence-corrected chi connectivity index (χ3v) is 4.58. The van der Waals surface area contributed by atoms with E-state index in [1.807, 2.05) is 0 Å².